The highest BCUT2D eigenvalue weighted by atomic mass is 19.3. The van der Waals surface area contributed by atoms with Crippen molar-refractivity contribution in [1.82, 2.24) is 0 Å². The molecular weight excluding hydrogens is 236 g/mol. The molecule has 1 aromatic rings. The van der Waals surface area contributed by atoms with Crippen LogP contribution in [0.15, 0.2) is 24.3 Å². The third-order valence-corrected chi connectivity index (χ3v) is 2.90. The van der Waals surface area contributed by atoms with Gasteiger partial charge in [-0.1, -0.05) is 50.8 Å². The quantitative estimate of drug-likeness (QED) is 0.706. The lowest BCUT2D eigenvalue weighted by atomic mass is 10.00. The van der Waals surface area contributed by atoms with Gasteiger partial charge in [0.05, 0.1) is 0 Å². The number of alkyl halides is 2. The van der Waals surface area contributed by atoms with Crippen LogP contribution in [0.2, 0.25) is 0 Å². The summed E-state index contributed by atoms with van der Waals surface area (Å²) in [6.07, 6.45) is 5.28. The lowest BCUT2D eigenvalue weighted by molar-refractivity contribution is -0.0506. The maximum Gasteiger partial charge on any atom is 0.387 e. The number of hydrogen-bond donors (Lipinski definition) is 1. The van der Waals surface area contributed by atoms with Crippen molar-refractivity contribution >= 4 is 0 Å². The predicted octanol–water partition coefficient (Wildman–Crippen LogP) is 4.26. The van der Waals surface area contributed by atoms with Crippen molar-refractivity contribution in [2.24, 2.45) is 5.73 Å². The minimum absolute atomic E-state index is 0.190. The molecule has 0 aliphatic rings. The third kappa shape index (κ3) is 5.00. The van der Waals surface area contributed by atoms with Crippen LogP contribution in [0.4, 0.5) is 8.78 Å². The van der Waals surface area contributed by atoms with Gasteiger partial charge in [-0.25, -0.2) is 0 Å². The third-order valence-electron chi connectivity index (χ3n) is 2.90. The van der Waals surface area contributed by atoms with E-state index >= 15 is 0 Å². The van der Waals surface area contributed by atoms with Crippen LogP contribution in [0.5, 0.6) is 5.75 Å². The van der Waals surface area contributed by atoms with Gasteiger partial charge >= 0.3 is 6.61 Å². The molecule has 0 spiro atoms. The van der Waals surface area contributed by atoms with E-state index in [4.69, 9.17) is 5.73 Å². The molecular formula is C14H21F2NO. The van der Waals surface area contributed by atoms with Gasteiger partial charge in [-0.05, 0) is 12.5 Å². The van der Waals surface area contributed by atoms with E-state index in [0.29, 0.717) is 5.56 Å². The van der Waals surface area contributed by atoms with Crippen molar-refractivity contribution in [2.45, 2.75) is 51.7 Å². The Morgan fingerprint density at radius 1 is 1.17 bits per heavy atom. The molecule has 0 aromatic heterocycles. The molecule has 1 aromatic carbocycles. The largest absolute Gasteiger partial charge is 0.434 e. The molecule has 0 radical (unpaired) electrons. The average Bonchev–Trinajstić information content (AvgIpc) is 2.34. The first-order valence-corrected chi connectivity index (χ1v) is 6.44. The topological polar surface area (TPSA) is 35.2 Å². The van der Waals surface area contributed by atoms with E-state index in [1.807, 2.05) is 0 Å². The molecule has 0 amide bonds. The van der Waals surface area contributed by atoms with Gasteiger partial charge in [0, 0.05) is 11.6 Å². The number of halogens is 2. The minimum Gasteiger partial charge on any atom is -0.434 e. The van der Waals surface area contributed by atoms with Gasteiger partial charge in [-0.2, -0.15) is 8.78 Å². The molecule has 0 bridgehead atoms. The first-order chi connectivity index (χ1) is 8.65. The van der Waals surface area contributed by atoms with E-state index in [2.05, 4.69) is 11.7 Å². The molecule has 4 heteroatoms. The second-order valence-electron chi connectivity index (χ2n) is 4.37. The molecule has 0 heterocycles. The van der Waals surface area contributed by atoms with Crippen LogP contribution in [-0.2, 0) is 0 Å². The fourth-order valence-corrected chi connectivity index (χ4v) is 1.94. The Morgan fingerprint density at radius 3 is 2.56 bits per heavy atom. The summed E-state index contributed by atoms with van der Waals surface area (Å²) in [5, 5.41) is 0. The Morgan fingerprint density at radius 2 is 1.89 bits per heavy atom. The number of para-hydroxylation sites is 1. The molecule has 2 nitrogen and oxygen atoms in total. The molecule has 2 N–H and O–H groups in total. The normalized spacial score (nSPS) is 12.7. The Balaban J connectivity index is 2.57. The van der Waals surface area contributed by atoms with Gasteiger partial charge in [0.15, 0.2) is 0 Å². The molecule has 0 aliphatic carbocycles. The average molecular weight is 257 g/mol. The van der Waals surface area contributed by atoms with Gasteiger partial charge in [-0.3, -0.25) is 0 Å². The monoisotopic (exact) mass is 257 g/mol. The summed E-state index contributed by atoms with van der Waals surface area (Å²) in [6, 6.07) is 6.51. The molecule has 1 unspecified atom stereocenters. The van der Waals surface area contributed by atoms with Crippen molar-refractivity contribution in [3.05, 3.63) is 29.8 Å². The predicted molar refractivity (Wildman–Crippen MR) is 68.8 cm³/mol. The van der Waals surface area contributed by atoms with Crippen LogP contribution in [0.1, 0.15) is 50.6 Å². The Labute approximate surface area is 107 Å². The highest BCUT2D eigenvalue weighted by Gasteiger charge is 2.14. The van der Waals surface area contributed by atoms with E-state index < -0.39 is 6.61 Å². The van der Waals surface area contributed by atoms with E-state index in [1.54, 1.807) is 18.2 Å². The van der Waals surface area contributed by atoms with Gasteiger partial charge in [0.2, 0.25) is 0 Å². The SMILES string of the molecule is CCCCCCC(N)c1ccccc1OC(F)F. The van der Waals surface area contributed by atoms with Crippen molar-refractivity contribution in [1.29, 1.82) is 0 Å². The maximum atomic E-state index is 12.3. The fraction of sp³-hybridized carbons (Fsp3) is 0.571. The first-order valence-electron chi connectivity index (χ1n) is 6.44. The van der Waals surface area contributed by atoms with Crippen LogP contribution in [0.25, 0.3) is 0 Å². The molecule has 1 atom stereocenters. The van der Waals surface area contributed by atoms with Crippen LogP contribution >= 0.6 is 0 Å². The van der Waals surface area contributed by atoms with Gasteiger partial charge < -0.3 is 10.5 Å². The zero-order valence-corrected chi connectivity index (χ0v) is 10.7. The molecule has 0 aliphatic heterocycles. The Bertz CT molecular complexity index is 344. The smallest absolute Gasteiger partial charge is 0.387 e. The van der Waals surface area contributed by atoms with E-state index in [0.717, 1.165) is 19.3 Å². The van der Waals surface area contributed by atoms with E-state index in [-0.39, 0.29) is 11.8 Å². The molecule has 1 rings (SSSR count). The van der Waals surface area contributed by atoms with Crippen molar-refractivity contribution in [3.8, 4) is 5.75 Å². The lowest BCUT2D eigenvalue weighted by Gasteiger charge is -2.16. The minimum atomic E-state index is -2.81. The molecule has 102 valence electrons. The second-order valence-corrected chi connectivity index (χ2v) is 4.37. The van der Waals surface area contributed by atoms with Crippen LogP contribution in [-0.4, -0.2) is 6.61 Å². The molecule has 0 saturated heterocycles. The number of ether oxygens (including phenoxy) is 1. The summed E-state index contributed by atoms with van der Waals surface area (Å²) in [5.74, 6) is 0.190. The fourth-order valence-electron chi connectivity index (χ4n) is 1.94. The number of nitrogens with two attached hydrogens (primary N) is 1. The summed E-state index contributed by atoms with van der Waals surface area (Å²) in [6.45, 7) is -0.662. The van der Waals surface area contributed by atoms with Crippen molar-refractivity contribution < 1.29 is 13.5 Å². The highest BCUT2D eigenvalue weighted by molar-refractivity contribution is 5.35. The number of rotatable bonds is 8. The summed E-state index contributed by atoms with van der Waals surface area (Å²) in [7, 11) is 0. The zero-order chi connectivity index (χ0) is 13.4. The number of hydrogen-bond acceptors (Lipinski definition) is 2. The second kappa shape index (κ2) is 8.03. The highest BCUT2D eigenvalue weighted by Crippen LogP contribution is 2.28. The van der Waals surface area contributed by atoms with E-state index in [1.165, 1.54) is 18.9 Å². The Hall–Kier alpha value is -1.16. The standard InChI is InChI=1S/C14H21F2NO/c1-2-3-4-5-9-12(17)11-8-6-7-10-13(11)18-14(15)16/h6-8,10,12,14H,2-5,9,17H2,1H3. The first kappa shape index (κ1) is 14.9. The maximum absolute atomic E-state index is 12.3. The molecule has 0 fully saturated rings. The summed E-state index contributed by atoms with van der Waals surface area (Å²) >= 11 is 0. The van der Waals surface area contributed by atoms with Crippen molar-refractivity contribution in [2.75, 3.05) is 0 Å². The molecule has 0 saturated carbocycles. The van der Waals surface area contributed by atoms with Gasteiger partial charge in [0.1, 0.15) is 5.75 Å². The zero-order valence-electron chi connectivity index (χ0n) is 10.7. The summed E-state index contributed by atoms with van der Waals surface area (Å²) in [4.78, 5) is 0. The van der Waals surface area contributed by atoms with Gasteiger partial charge in [0.25, 0.3) is 0 Å². The lowest BCUT2D eigenvalue weighted by Crippen LogP contribution is -2.13. The molecule has 18 heavy (non-hydrogen) atoms. The van der Waals surface area contributed by atoms with Crippen LogP contribution < -0.4 is 10.5 Å². The van der Waals surface area contributed by atoms with E-state index in [9.17, 15) is 8.78 Å². The van der Waals surface area contributed by atoms with Gasteiger partial charge in [-0.15, -0.1) is 0 Å². The van der Waals surface area contributed by atoms with Crippen LogP contribution in [0.3, 0.4) is 0 Å². The number of benzene rings is 1. The summed E-state index contributed by atoms with van der Waals surface area (Å²) in [5.41, 5.74) is 6.69. The van der Waals surface area contributed by atoms with Crippen LogP contribution in [0, 0.1) is 0 Å². The van der Waals surface area contributed by atoms with Crippen molar-refractivity contribution in [3.63, 3.8) is 0 Å². The number of unbranched alkanes of at least 4 members (excludes halogenated alkanes) is 3. The summed E-state index contributed by atoms with van der Waals surface area (Å²) < 4.78 is 29.0. The Kier molecular flexibility index (Phi) is 6.65.